The molecule has 0 amide bonds. The second kappa shape index (κ2) is 5.89. The average molecular weight is 318 g/mol. The Kier molecular flexibility index (Phi) is 3.58. The number of aromatic nitrogens is 3. The maximum Gasteiger partial charge on any atom is 0.123 e. The molecule has 0 bridgehead atoms. The van der Waals surface area contributed by atoms with Gasteiger partial charge in [-0.3, -0.25) is 4.98 Å². The highest BCUT2D eigenvalue weighted by Crippen LogP contribution is 2.40. The Morgan fingerprint density at radius 1 is 1.12 bits per heavy atom. The molecule has 24 heavy (non-hydrogen) atoms. The third-order valence-corrected chi connectivity index (χ3v) is 4.45. The van der Waals surface area contributed by atoms with E-state index in [4.69, 9.17) is 10.2 Å². The number of nitrogens with zero attached hydrogens (tertiary/aromatic N) is 4. The van der Waals surface area contributed by atoms with Crippen LogP contribution in [-0.4, -0.2) is 14.5 Å². The number of imidazole rings is 1. The van der Waals surface area contributed by atoms with Gasteiger partial charge in [0.05, 0.1) is 23.9 Å². The van der Waals surface area contributed by atoms with E-state index in [1.807, 2.05) is 12.1 Å². The first-order valence-corrected chi connectivity index (χ1v) is 7.92. The minimum Gasteiger partial charge on any atom is -0.323 e. The number of hydrogen-bond acceptors (Lipinski definition) is 3. The third-order valence-electron chi connectivity index (χ3n) is 4.45. The average Bonchev–Trinajstić information content (AvgIpc) is 3.17. The highest BCUT2D eigenvalue weighted by molar-refractivity contribution is 5.79. The van der Waals surface area contributed by atoms with Crippen LogP contribution in [0.2, 0.25) is 0 Å². The molecule has 3 heterocycles. The van der Waals surface area contributed by atoms with E-state index in [1.54, 1.807) is 24.5 Å². The van der Waals surface area contributed by atoms with Crippen LogP contribution in [0.4, 0.5) is 4.39 Å². The summed E-state index contributed by atoms with van der Waals surface area (Å²) < 4.78 is 15.5. The second-order valence-electron chi connectivity index (χ2n) is 5.89. The smallest absolute Gasteiger partial charge is 0.123 e. The maximum absolute atomic E-state index is 13.3. The molecular weight excluding hydrogens is 303 g/mol. The molecule has 4 nitrogen and oxygen atoms in total. The highest BCUT2D eigenvalue weighted by atomic mass is 19.1. The quantitative estimate of drug-likeness (QED) is 0.729. The van der Waals surface area contributed by atoms with Gasteiger partial charge in [0.25, 0.3) is 0 Å². The third kappa shape index (κ3) is 2.37. The largest absolute Gasteiger partial charge is 0.323 e. The van der Waals surface area contributed by atoms with Crippen molar-refractivity contribution in [2.24, 2.45) is 0 Å². The molecule has 0 saturated heterocycles. The summed E-state index contributed by atoms with van der Waals surface area (Å²) in [6.45, 7) is 0. The molecule has 0 N–H and O–H groups in total. The molecule has 4 rings (SSSR count). The number of rotatable bonds is 3. The van der Waals surface area contributed by atoms with Gasteiger partial charge in [-0.1, -0.05) is 0 Å². The summed E-state index contributed by atoms with van der Waals surface area (Å²) in [6, 6.07) is 12.7. The van der Waals surface area contributed by atoms with Gasteiger partial charge in [-0.15, -0.1) is 0 Å². The van der Waals surface area contributed by atoms with Crippen molar-refractivity contribution in [1.82, 2.24) is 14.5 Å². The number of benzene rings is 1. The summed E-state index contributed by atoms with van der Waals surface area (Å²) in [5.74, 6) is 0.722. The number of fused-ring (bicyclic) bond motifs is 1. The Hall–Kier alpha value is -3.00. The Bertz CT molecular complexity index is 907. The van der Waals surface area contributed by atoms with Gasteiger partial charge in [0.15, 0.2) is 0 Å². The second-order valence-corrected chi connectivity index (χ2v) is 5.89. The van der Waals surface area contributed by atoms with Crippen LogP contribution in [0.25, 0.3) is 22.5 Å². The van der Waals surface area contributed by atoms with Gasteiger partial charge in [0.2, 0.25) is 0 Å². The molecular formula is C19H15FN4. The van der Waals surface area contributed by atoms with E-state index in [-0.39, 0.29) is 11.9 Å². The topological polar surface area (TPSA) is 54.5 Å². The fraction of sp³-hybridized carbons (Fsp3) is 0.211. The molecule has 0 saturated carbocycles. The number of nitriles is 1. The van der Waals surface area contributed by atoms with Crippen molar-refractivity contribution in [3.63, 3.8) is 0 Å². The summed E-state index contributed by atoms with van der Waals surface area (Å²) in [5, 5.41) is 9.13. The predicted octanol–water partition coefficient (Wildman–Crippen LogP) is 4.15. The molecule has 0 unspecified atom stereocenters. The number of pyridine rings is 1. The molecule has 0 spiro atoms. The van der Waals surface area contributed by atoms with E-state index in [9.17, 15) is 4.39 Å². The van der Waals surface area contributed by atoms with Crippen molar-refractivity contribution in [3.05, 3.63) is 60.4 Å². The summed E-state index contributed by atoms with van der Waals surface area (Å²) in [6.07, 6.45) is 5.74. The molecule has 0 fully saturated rings. The first-order chi connectivity index (χ1) is 11.8. The van der Waals surface area contributed by atoms with Crippen molar-refractivity contribution in [1.29, 1.82) is 5.26 Å². The first kappa shape index (κ1) is 14.6. The van der Waals surface area contributed by atoms with Crippen LogP contribution in [0, 0.1) is 17.1 Å². The van der Waals surface area contributed by atoms with Crippen LogP contribution in [0.5, 0.6) is 0 Å². The van der Waals surface area contributed by atoms with Gasteiger partial charge >= 0.3 is 0 Å². The minimum atomic E-state index is -0.265. The van der Waals surface area contributed by atoms with Gasteiger partial charge in [-0.2, -0.15) is 5.26 Å². The lowest BCUT2D eigenvalue weighted by molar-refractivity contribution is 0.545. The van der Waals surface area contributed by atoms with Crippen LogP contribution in [0.3, 0.4) is 0 Å². The van der Waals surface area contributed by atoms with Crippen molar-refractivity contribution in [3.8, 4) is 28.6 Å². The zero-order chi connectivity index (χ0) is 16.5. The first-order valence-electron chi connectivity index (χ1n) is 7.92. The molecule has 2 aromatic heterocycles. The van der Waals surface area contributed by atoms with Gasteiger partial charge in [0.1, 0.15) is 11.6 Å². The fourth-order valence-corrected chi connectivity index (χ4v) is 3.37. The van der Waals surface area contributed by atoms with Crippen LogP contribution < -0.4 is 0 Å². The van der Waals surface area contributed by atoms with Crippen molar-refractivity contribution in [2.75, 3.05) is 0 Å². The summed E-state index contributed by atoms with van der Waals surface area (Å²) in [7, 11) is 0. The standard InChI is InChI=1S/C19H15FN4/c20-15-3-1-13(2-4-15)18-19(14-8-11-22-12-9-14)24-16(7-10-21)5-6-17(24)23-18/h1-4,8-9,11-12,16H,5-7H2/t16-/m0/s1. The van der Waals surface area contributed by atoms with Crippen molar-refractivity contribution >= 4 is 0 Å². The highest BCUT2D eigenvalue weighted by Gasteiger charge is 2.29. The van der Waals surface area contributed by atoms with Gasteiger partial charge in [-0.05, 0) is 42.8 Å². The molecule has 1 aliphatic heterocycles. The Balaban J connectivity index is 1.94. The molecule has 0 aliphatic carbocycles. The van der Waals surface area contributed by atoms with Gasteiger partial charge in [-0.25, -0.2) is 9.37 Å². The predicted molar refractivity (Wildman–Crippen MR) is 88.4 cm³/mol. The van der Waals surface area contributed by atoms with E-state index in [0.29, 0.717) is 6.42 Å². The number of hydrogen-bond donors (Lipinski definition) is 0. The van der Waals surface area contributed by atoms with E-state index in [1.165, 1.54) is 12.1 Å². The SMILES string of the molecule is N#CC[C@@H]1CCc2nc(-c3ccc(F)cc3)c(-c3ccncc3)n21. The van der Waals surface area contributed by atoms with Gasteiger partial charge < -0.3 is 4.57 Å². The van der Waals surface area contributed by atoms with Crippen LogP contribution >= 0.6 is 0 Å². The molecule has 1 atom stereocenters. The van der Waals surface area contributed by atoms with Crippen molar-refractivity contribution < 1.29 is 4.39 Å². The van der Waals surface area contributed by atoms with E-state index in [0.717, 1.165) is 41.2 Å². The molecule has 0 radical (unpaired) electrons. The Labute approximate surface area is 139 Å². The van der Waals surface area contributed by atoms with Crippen LogP contribution in [-0.2, 0) is 6.42 Å². The summed E-state index contributed by atoms with van der Waals surface area (Å²) in [4.78, 5) is 8.90. The van der Waals surface area contributed by atoms with E-state index < -0.39 is 0 Å². The fourth-order valence-electron chi connectivity index (χ4n) is 3.37. The minimum absolute atomic E-state index is 0.134. The zero-order valence-corrected chi connectivity index (χ0v) is 13.0. The Morgan fingerprint density at radius 2 is 1.88 bits per heavy atom. The maximum atomic E-state index is 13.3. The number of halogens is 1. The van der Waals surface area contributed by atoms with Crippen molar-refractivity contribution in [2.45, 2.75) is 25.3 Å². The van der Waals surface area contributed by atoms with E-state index in [2.05, 4.69) is 15.6 Å². The zero-order valence-electron chi connectivity index (χ0n) is 13.0. The van der Waals surface area contributed by atoms with E-state index >= 15 is 0 Å². The lowest BCUT2D eigenvalue weighted by atomic mass is 10.0. The summed E-state index contributed by atoms with van der Waals surface area (Å²) in [5.41, 5.74) is 3.70. The molecule has 1 aromatic carbocycles. The monoisotopic (exact) mass is 318 g/mol. The lowest BCUT2D eigenvalue weighted by Gasteiger charge is -2.15. The molecule has 118 valence electrons. The molecule has 5 heteroatoms. The Morgan fingerprint density at radius 3 is 2.58 bits per heavy atom. The van der Waals surface area contributed by atoms with Crippen LogP contribution in [0.15, 0.2) is 48.8 Å². The lowest BCUT2D eigenvalue weighted by Crippen LogP contribution is -2.05. The number of aryl methyl sites for hydroxylation is 1. The van der Waals surface area contributed by atoms with Gasteiger partial charge in [0, 0.05) is 36.0 Å². The van der Waals surface area contributed by atoms with Crippen LogP contribution in [0.1, 0.15) is 24.7 Å². The normalized spacial score (nSPS) is 15.9. The molecule has 3 aromatic rings. The molecule has 1 aliphatic rings. The summed E-state index contributed by atoms with van der Waals surface area (Å²) >= 11 is 0.